The maximum absolute atomic E-state index is 11.0. The number of nitrogens with zero attached hydrogens (tertiary/aromatic N) is 2. The van der Waals surface area contributed by atoms with Crippen LogP contribution in [0.4, 0.5) is 17.3 Å². The Labute approximate surface area is 106 Å². The molecule has 0 aliphatic heterocycles. The number of anilines is 2. The summed E-state index contributed by atoms with van der Waals surface area (Å²) in [7, 11) is 1.74. The summed E-state index contributed by atoms with van der Waals surface area (Å²) < 4.78 is 0. The minimum absolute atomic E-state index is 0.0279. The highest BCUT2D eigenvalue weighted by Gasteiger charge is 2.26. The molecule has 1 aliphatic carbocycles. The van der Waals surface area contributed by atoms with Gasteiger partial charge in [0.05, 0.1) is 4.92 Å². The molecular formula is C12H18N4O2. The van der Waals surface area contributed by atoms with Crippen LogP contribution in [0.1, 0.15) is 26.2 Å². The van der Waals surface area contributed by atoms with E-state index in [0.717, 1.165) is 0 Å². The van der Waals surface area contributed by atoms with E-state index >= 15 is 0 Å². The minimum Gasteiger partial charge on any atom is -0.373 e. The lowest BCUT2D eigenvalue weighted by molar-refractivity contribution is -0.384. The molecule has 6 heteroatoms. The quantitative estimate of drug-likeness (QED) is 0.620. The van der Waals surface area contributed by atoms with Crippen molar-refractivity contribution in [3.05, 3.63) is 22.2 Å². The molecule has 0 amide bonds. The van der Waals surface area contributed by atoms with E-state index in [2.05, 4.69) is 22.5 Å². The molecule has 0 aromatic carbocycles. The number of hydrogen-bond donors (Lipinski definition) is 2. The van der Waals surface area contributed by atoms with Crippen LogP contribution in [0.2, 0.25) is 0 Å². The van der Waals surface area contributed by atoms with Crippen molar-refractivity contribution in [3.63, 3.8) is 0 Å². The molecule has 6 nitrogen and oxygen atoms in total. The standard InChI is InChI=1S/C12H18N4O2/c1-8(9-4-3-5-9)14-12-10(16(17)18)6-7-11(13-2)15-12/h6-9H,3-5H2,1-2H3,(H2,13,14,15). The molecule has 1 aromatic heterocycles. The molecule has 0 radical (unpaired) electrons. The molecule has 1 atom stereocenters. The van der Waals surface area contributed by atoms with Gasteiger partial charge in [0.2, 0.25) is 5.82 Å². The van der Waals surface area contributed by atoms with Gasteiger partial charge < -0.3 is 10.6 Å². The van der Waals surface area contributed by atoms with Crippen LogP contribution in [0, 0.1) is 16.0 Å². The first-order chi connectivity index (χ1) is 8.61. The Morgan fingerprint density at radius 3 is 2.72 bits per heavy atom. The van der Waals surface area contributed by atoms with E-state index in [1.807, 2.05) is 0 Å². The Kier molecular flexibility index (Phi) is 3.64. The zero-order chi connectivity index (χ0) is 13.1. The molecule has 2 N–H and O–H groups in total. The highest BCUT2D eigenvalue weighted by molar-refractivity contribution is 5.60. The Morgan fingerprint density at radius 1 is 1.50 bits per heavy atom. The van der Waals surface area contributed by atoms with Crippen LogP contribution in [0.5, 0.6) is 0 Å². The van der Waals surface area contributed by atoms with Gasteiger partial charge in [-0.25, -0.2) is 4.98 Å². The lowest BCUT2D eigenvalue weighted by atomic mass is 9.80. The summed E-state index contributed by atoms with van der Waals surface area (Å²) in [5, 5.41) is 17.0. The number of rotatable bonds is 5. The summed E-state index contributed by atoms with van der Waals surface area (Å²) in [6.07, 6.45) is 3.63. The summed E-state index contributed by atoms with van der Waals surface area (Å²) in [5.41, 5.74) is 0.0279. The predicted molar refractivity (Wildman–Crippen MR) is 70.9 cm³/mol. The van der Waals surface area contributed by atoms with Gasteiger partial charge in [-0.05, 0) is 31.7 Å². The summed E-state index contributed by atoms with van der Waals surface area (Å²) in [6, 6.07) is 3.31. The second kappa shape index (κ2) is 5.20. The molecule has 1 unspecified atom stereocenters. The summed E-state index contributed by atoms with van der Waals surface area (Å²) >= 11 is 0. The molecule has 1 aliphatic rings. The first-order valence-electron chi connectivity index (χ1n) is 6.21. The van der Waals surface area contributed by atoms with E-state index in [1.54, 1.807) is 13.1 Å². The molecule has 1 saturated carbocycles. The zero-order valence-corrected chi connectivity index (χ0v) is 10.6. The van der Waals surface area contributed by atoms with E-state index in [1.165, 1.54) is 25.3 Å². The fourth-order valence-corrected chi connectivity index (χ4v) is 2.12. The van der Waals surface area contributed by atoms with E-state index < -0.39 is 4.92 Å². The summed E-state index contributed by atoms with van der Waals surface area (Å²) in [5.74, 6) is 1.58. The number of pyridine rings is 1. The van der Waals surface area contributed by atoms with Crippen molar-refractivity contribution in [1.82, 2.24) is 4.98 Å². The topological polar surface area (TPSA) is 80.1 Å². The van der Waals surface area contributed by atoms with Crippen molar-refractivity contribution in [1.29, 1.82) is 0 Å². The molecule has 0 saturated heterocycles. The van der Waals surface area contributed by atoms with Crippen molar-refractivity contribution >= 4 is 17.3 Å². The molecule has 2 rings (SSSR count). The fourth-order valence-electron chi connectivity index (χ4n) is 2.12. The SMILES string of the molecule is CNc1ccc([N+](=O)[O-])c(NC(C)C2CCC2)n1. The van der Waals surface area contributed by atoms with Crippen LogP contribution in [-0.4, -0.2) is 23.0 Å². The van der Waals surface area contributed by atoms with E-state index in [0.29, 0.717) is 17.6 Å². The largest absolute Gasteiger partial charge is 0.373 e. The van der Waals surface area contributed by atoms with Gasteiger partial charge in [0.25, 0.3) is 0 Å². The number of hydrogen-bond acceptors (Lipinski definition) is 5. The average Bonchev–Trinajstić information content (AvgIpc) is 2.25. The van der Waals surface area contributed by atoms with Crippen LogP contribution in [0.25, 0.3) is 0 Å². The van der Waals surface area contributed by atoms with E-state index in [-0.39, 0.29) is 11.7 Å². The first kappa shape index (κ1) is 12.6. The van der Waals surface area contributed by atoms with Crippen molar-refractivity contribution in [2.24, 2.45) is 5.92 Å². The van der Waals surface area contributed by atoms with Crippen LogP contribution < -0.4 is 10.6 Å². The van der Waals surface area contributed by atoms with Gasteiger partial charge >= 0.3 is 5.69 Å². The lowest BCUT2D eigenvalue weighted by Gasteiger charge is -2.32. The number of aromatic nitrogens is 1. The second-order valence-electron chi connectivity index (χ2n) is 4.70. The maximum Gasteiger partial charge on any atom is 0.311 e. The Morgan fingerprint density at radius 2 is 2.22 bits per heavy atom. The Hall–Kier alpha value is -1.85. The lowest BCUT2D eigenvalue weighted by Crippen LogP contribution is -2.31. The van der Waals surface area contributed by atoms with Gasteiger partial charge in [-0.1, -0.05) is 6.42 Å². The molecule has 18 heavy (non-hydrogen) atoms. The first-order valence-corrected chi connectivity index (χ1v) is 6.21. The molecule has 0 spiro atoms. The second-order valence-corrected chi connectivity index (χ2v) is 4.70. The van der Waals surface area contributed by atoms with Gasteiger partial charge in [-0.15, -0.1) is 0 Å². The van der Waals surface area contributed by atoms with Crippen LogP contribution >= 0.6 is 0 Å². The highest BCUT2D eigenvalue weighted by atomic mass is 16.6. The molecule has 1 heterocycles. The Balaban J connectivity index is 2.19. The zero-order valence-electron chi connectivity index (χ0n) is 10.6. The van der Waals surface area contributed by atoms with Gasteiger partial charge in [-0.3, -0.25) is 10.1 Å². The van der Waals surface area contributed by atoms with Gasteiger partial charge in [0.15, 0.2) is 0 Å². The third kappa shape index (κ3) is 2.52. The van der Waals surface area contributed by atoms with Gasteiger partial charge in [0, 0.05) is 19.2 Å². The third-order valence-electron chi connectivity index (χ3n) is 3.55. The van der Waals surface area contributed by atoms with Gasteiger partial charge in [-0.2, -0.15) is 0 Å². The Bertz CT molecular complexity index is 446. The average molecular weight is 250 g/mol. The predicted octanol–water partition coefficient (Wildman–Crippen LogP) is 2.63. The van der Waals surface area contributed by atoms with Crippen LogP contribution in [0.15, 0.2) is 12.1 Å². The minimum atomic E-state index is -0.401. The van der Waals surface area contributed by atoms with Crippen molar-refractivity contribution in [2.45, 2.75) is 32.2 Å². The van der Waals surface area contributed by atoms with Crippen molar-refractivity contribution in [3.8, 4) is 0 Å². The highest BCUT2D eigenvalue weighted by Crippen LogP contribution is 2.32. The molecule has 98 valence electrons. The van der Waals surface area contributed by atoms with Crippen LogP contribution in [-0.2, 0) is 0 Å². The molecule has 1 fully saturated rings. The van der Waals surface area contributed by atoms with Crippen molar-refractivity contribution < 1.29 is 4.92 Å². The third-order valence-corrected chi connectivity index (χ3v) is 3.55. The van der Waals surface area contributed by atoms with E-state index in [9.17, 15) is 10.1 Å². The molecule has 0 bridgehead atoms. The number of nitro groups is 1. The summed E-state index contributed by atoms with van der Waals surface area (Å²) in [4.78, 5) is 14.8. The molecule has 1 aromatic rings. The van der Waals surface area contributed by atoms with E-state index in [4.69, 9.17) is 0 Å². The van der Waals surface area contributed by atoms with Crippen molar-refractivity contribution in [2.75, 3.05) is 17.7 Å². The normalized spacial score (nSPS) is 16.8. The van der Waals surface area contributed by atoms with Gasteiger partial charge in [0.1, 0.15) is 5.82 Å². The molecular weight excluding hydrogens is 232 g/mol. The fraction of sp³-hybridized carbons (Fsp3) is 0.583. The maximum atomic E-state index is 11.0. The monoisotopic (exact) mass is 250 g/mol. The number of nitrogens with one attached hydrogen (secondary N) is 2. The summed E-state index contributed by atoms with van der Waals surface area (Å²) in [6.45, 7) is 2.06. The smallest absolute Gasteiger partial charge is 0.311 e. The van der Waals surface area contributed by atoms with Crippen LogP contribution in [0.3, 0.4) is 0 Å².